The Kier molecular flexibility index (Phi) is 5.61. The zero-order valence-corrected chi connectivity index (χ0v) is 8.10. The fraction of sp³-hybridized carbons (Fsp3) is 0.875. The molecular weight excluding hydrogens is 172 g/mol. The van der Waals surface area contributed by atoms with Crippen molar-refractivity contribution < 1.29 is 15.0 Å². The molecule has 0 aliphatic heterocycles. The van der Waals surface area contributed by atoms with Crippen LogP contribution in [0.3, 0.4) is 0 Å². The molecule has 78 valence electrons. The van der Waals surface area contributed by atoms with Crippen molar-refractivity contribution in [1.29, 1.82) is 0 Å². The molecule has 0 rings (SSSR count). The number of carbonyl (C=O) groups excluding carboxylic acids is 1. The predicted molar refractivity (Wildman–Crippen MR) is 48.9 cm³/mol. The molecular formula is C8H18N2O3. The van der Waals surface area contributed by atoms with Gasteiger partial charge in [-0.2, -0.15) is 0 Å². The number of nitrogens with two attached hydrogens (primary N) is 1. The van der Waals surface area contributed by atoms with E-state index in [0.29, 0.717) is 13.0 Å². The summed E-state index contributed by atoms with van der Waals surface area (Å²) >= 11 is 0. The maximum Gasteiger partial charge on any atom is 0.227 e. The van der Waals surface area contributed by atoms with Gasteiger partial charge in [0, 0.05) is 14.1 Å². The number of hydrogen-bond acceptors (Lipinski definition) is 4. The van der Waals surface area contributed by atoms with E-state index in [-0.39, 0.29) is 5.91 Å². The van der Waals surface area contributed by atoms with Gasteiger partial charge in [-0.15, -0.1) is 0 Å². The van der Waals surface area contributed by atoms with Gasteiger partial charge in [0.2, 0.25) is 5.91 Å². The van der Waals surface area contributed by atoms with Gasteiger partial charge in [0.1, 0.15) is 0 Å². The van der Waals surface area contributed by atoms with Crippen molar-refractivity contribution in [2.45, 2.75) is 12.5 Å². The highest BCUT2D eigenvalue weighted by molar-refractivity contribution is 5.78. The summed E-state index contributed by atoms with van der Waals surface area (Å²) in [4.78, 5) is 12.8. The molecule has 0 aromatic heterocycles. The maximum absolute atomic E-state index is 11.4. The van der Waals surface area contributed by atoms with Crippen molar-refractivity contribution in [3.63, 3.8) is 0 Å². The first-order valence-corrected chi connectivity index (χ1v) is 4.24. The smallest absolute Gasteiger partial charge is 0.227 e. The largest absolute Gasteiger partial charge is 0.394 e. The lowest BCUT2D eigenvalue weighted by atomic mass is 9.97. The Morgan fingerprint density at radius 2 is 2.08 bits per heavy atom. The number of carbonyl (C=O) groups is 1. The second kappa shape index (κ2) is 5.90. The third kappa shape index (κ3) is 3.71. The molecule has 0 radical (unpaired) electrons. The first kappa shape index (κ1) is 12.3. The fourth-order valence-corrected chi connectivity index (χ4v) is 1.12. The van der Waals surface area contributed by atoms with E-state index in [1.54, 1.807) is 14.1 Å². The molecule has 0 spiro atoms. The second-order valence-corrected chi connectivity index (χ2v) is 3.17. The van der Waals surface area contributed by atoms with Gasteiger partial charge >= 0.3 is 0 Å². The van der Waals surface area contributed by atoms with Crippen LogP contribution in [0, 0.1) is 5.92 Å². The number of aliphatic hydroxyl groups excluding tert-OH is 2. The van der Waals surface area contributed by atoms with Crippen LogP contribution in [0.5, 0.6) is 0 Å². The number of amides is 1. The number of aliphatic hydroxyl groups is 2. The van der Waals surface area contributed by atoms with Crippen LogP contribution in [0.25, 0.3) is 0 Å². The van der Waals surface area contributed by atoms with E-state index < -0.39 is 18.6 Å². The molecule has 0 aliphatic rings. The van der Waals surface area contributed by atoms with E-state index in [1.165, 1.54) is 4.90 Å². The van der Waals surface area contributed by atoms with Crippen LogP contribution in [0.1, 0.15) is 6.42 Å². The molecule has 2 atom stereocenters. The standard InChI is InChI=1S/C8H18N2O3/c1-10(2)8(13)6(3-4-9)7(12)5-11/h6-7,11-12H,3-5,9H2,1-2H3. The van der Waals surface area contributed by atoms with Gasteiger partial charge in [0.25, 0.3) is 0 Å². The molecule has 4 N–H and O–H groups in total. The van der Waals surface area contributed by atoms with Crippen molar-refractivity contribution >= 4 is 5.91 Å². The van der Waals surface area contributed by atoms with E-state index in [1.807, 2.05) is 0 Å². The quantitative estimate of drug-likeness (QED) is 0.487. The van der Waals surface area contributed by atoms with Gasteiger partial charge < -0.3 is 20.8 Å². The summed E-state index contributed by atoms with van der Waals surface area (Å²) in [6, 6.07) is 0. The predicted octanol–water partition coefficient (Wildman–Crippen LogP) is -1.61. The minimum atomic E-state index is -1.02. The summed E-state index contributed by atoms with van der Waals surface area (Å²) < 4.78 is 0. The Labute approximate surface area is 78.1 Å². The monoisotopic (exact) mass is 190 g/mol. The zero-order valence-electron chi connectivity index (χ0n) is 8.10. The van der Waals surface area contributed by atoms with Gasteiger partial charge in [-0.25, -0.2) is 0 Å². The summed E-state index contributed by atoms with van der Waals surface area (Å²) in [6.45, 7) is -0.0917. The van der Waals surface area contributed by atoms with Gasteiger partial charge in [0.15, 0.2) is 0 Å². The van der Waals surface area contributed by atoms with E-state index >= 15 is 0 Å². The van der Waals surface area contributed by atoms with Crippen molar-refractivity contribution in [2.75, 3.05) is 27.2 Å². The average Bonchev–Trinajstić information content (AvgIpc) is 2.11. The Bertz CT molecular complexity index is 161. The Balaban J connectivity index is 4.31. The molecule has 13 heavy (non-hydrogen) atoms. The van der Waals surface area contributed by atoms with E-state index in [2.05, 4.69) is 0 Å². The first-order valence-electron chi connectivity index (χ1n) is 4.24. The van der Waals surface area contributed by atoms with Crippen molar-refractivity contribution in [2.24, 2.45) is 11.7 Å². The lowest BCUT2D eigenvalue weighted by molar-refractivity contribution is -0.138. The van der Waals surface area contributed by atoms with E-state index in [0.717, 1.165) is 0 Å². The average molecular weight is 190 g/mol. The minimum Gasteiger partial charge on any atom is -0.394 e. The molecule has 0 bridgehead atoms. The normalized spacial score (nSPS) is 15.2. The van der Waals surface area contributed by atoms with Crippen LogP contribution < -0.4 is 5.73 Å². The van der Waals surface area contributed by atoms with Gasteiger partial charge in [0.05, 0.1) is 18.6 Å². The lowest BCUT2D eigenvalue weighted by Crippen LogP contribution is -2.39. The number of nitrogens with zero attached hydrogens (tertiary/aromatic N) is 1. The Hall–Kier alpha value is -0.650. The Morgan fingerprint density at radius 3 is 2.38 bits per heavy atom. The summed E-state index contributed by atoms with van der Waals surface area (Å²) in [5.74, 6) is -0.794. The fourth-order valence-electron chi connectivity index (χ4n) is 1.12. The summed E-state index contributed by atoms with van der Waals surface area (Å²) in [6.07, 6.45) is -0.628. The molecule has 0 fully saturated rings. The topological polar surface area (TPSA) is 86.8 Å². The van der Waals surface area contributed by atoms with E-state index in [9.17, 15) is 9.90 Å². The third-order valence-electron chi connectivity index (χ3n) is 1.89. The number of rotatable bonds is 5. The summed E-state index contributed by atoms with van der Waals surface area (Å²) in [5, 5.41) is 18.0. The molecule has 0 saturated carbocycles. The summed E-state index contributed by atoms with van der Waals surface area (Å²) in [5.41, 5.74) is 5.30. The molecule has 0 heterocycles. The first-order chi connectivity index (χ1) is 6.04. The van der Waals surface area contributed by atoms with Crippen LogP contribution in [0.4, 0.5) is 0 Å². The van der Waals surface area contributed by atoms with Crippen LogP contribution >= 0.6 is 0 Å². The van der Waals surface area contributed by atoms with Gasteiger partial charge in [-0.05, 0) is 13.0 Å². The highest BCUT2D eigenvalue weighted by Crippen LogP contribution is 2.10. The second-order valence-electron chi connectivity index (χ2n) is 3.17. The molecule has 1 amide bonds. The van der Waals surface area contributed by atoms with Crippen molar-refractivity contribution in [3.8, 4) is 0 Å². The van der Waals surface area contributed by atoms with Crippen LogP contribution in [-0.2, 0) is 4.79 Å². The van der Waals surface area contributed by atoms with E-state index in [4.69, 9.17) is 10.8 Å². The highest BCUT2D eigenvalue weighted by Gasteiger charge is 2.26. The van der Waals surface area contributed by atoms with Gasteiger partial charge in [-0.3, -0.25) is 4.79 Å². The van der Waals surface area contributed by atoms with Crippen LogP contribution in [-0.4, -0.2) is 54.4 Å². The molecule has 2 unspecified atom stereocenters. The lowest BCUT2D eigenvalue weighted by Gasteiger charge is -2.23. The molecule has 0 aromatic rings. The van der Waals surface area contributed by atoms with Crippen molar-refractivity contribution in [3.05, 3.63) is 0 Å². The number of hydrogen-bond donors (Lipinski definition) is 3. The van der Waals surface area contributed by atoms with Crippen molar-refractivity contribution in [1.82, 2.24) is 4.90 Å². The van der Waals surface area contributed by atoms with Gasteiger partial charge in [-0.1, -0.05) is 0 Å². The van der Waals surface area contributed by atoms with Crippen LogP contribution in [0.2, 0.25) is 0 Å². The zero-order chi connectivity index (χ0) is 10.4. The summed E-state index contributed by atoms with van der Waals surface area (Å²) in [7, 11) is 3.21. The molecule has 0 saturated heterocycles. The maximum atomic E-state index is 11.4. The third-order valence-corrected chi connectivity index (χ3v) is 1.89. The molecule has 0 aliphatic carbocycles. The highest BCUT2D eigenvalue weighted by atomic mass is 16.3. The Morgan fingerprint density at radius 1 is 1.54 bits per heavy atom. The SMILES string of the molecule is CN(C)C(=O)C(CCN)C(O)CO. The van der Waals surface area contributed by atoms with Crippen LogP contribution in [0.15, 0.2) is 0 Å². The minimum absolute atomic E-state index is 0.202. The molecule has 0 aromatic carbocycles. The molecule has 5 nitrogen and oxygen atoms in total. The molecule has 5 heteroatoms.